The van der Waals surface area contributed by atoms with Crippen LogP contribution in [0.15, 0.2) is 30.4 Å². The molecule has 5 nitrogen and oxygen atoms in total. The maximum atomic E-state index is 13.6. The summed E-state index contributed by atoms with van der Waals surface area (Å²) in [6, 6.07) is 7.56. The molecular formula is C40H58N2O3. The van der Waals surface area contributed by atoms with Crippen LogP contribution in [0.5, 0.6) is 0 Å². The number of aliphatic hydroxyl groups is 1. The number of hydrogen-bond donors (Lipinski definition) is 1. The van der Waals surface area contributed by atoms with Crippen LogP contribution >= 0.6 is 0 Å². The lowest BCUT2D eigenvalue weighted by molar-refractivity contribution is -0.135. The summed E-state index contributed by atoms with van der Waals surface area (Å²) in [5, 5.41) is 11.7. The second kappa shape index (κ2) is 15.5. The summed E-state index contributed by atoms with van der Waals surface area (Å²) in [7, 11) is 0. The van der Waals surface area contributed by atoms with Gasteiger partial charge in [0.1, 0.15) is 5.78 Å². The smallest absolute Gasteiger partial charge is 0.223 e. The molecule has 3 aliphatic carbocycles. The molecule has 2 saturated carbocycles. The molecule has 5 heteroatoms. The lowest BCUT2D eigenvalue weighted by atomic mass is 9.83. The Kier molecular flexibility index (Phi) is 11.2. The first-order chi connectivity index (χ1) is 22.0. The van der Waals surface area contributed by atoms with Gasteiger partial charge in [0.25, 0.3) is 0 Å². The number of aryl methyl sites for hydroxylation is 1. The third kappa shape index (κ3) is 7.45. The van der Waals surface area contributed by atoms with Crippen LogP contribution in [0.3, 0.4) is 0 Å². The van der Waals surface area contributed by atoms with Crippen LogP contribution in [0.1, 0.15) is 158 Å². The summed E-state index contributed by atoms with van der Waals surface area (Å²) >= 11 is 0. The number of rotatable bonds is 14. The Hall–Kier alpha value is -2.40. The Morgan fingerprint density at radius 2 is 1.80 bits per heavy atom. The SMILES string of the molecule is CCCCC[C@H](O)/C=C/[C@H]1CCC(=O)[C@@H]1CCCCCCC(=O)N1CCn2c3c(c4cc(C5CCCCC5)ccc42)CCC[C@@H]31. The van der Waals surface area contributed by atoms with Crippen LogP contribution < -0.4 is 0 Å². The number of aromatic nitrogens is 1. The maximum absolute atomic E-state index is 13.6. The van der Waals surface area contributed by atoms with Crippen LogP contribution in [0.4, 0.5) is 0 Å². The lowest BCUT2D eigenvalue weighted by Gasteiger charge is -2.40. The summed E-state index contributed by atoms with van der Waals surface area (Å²) in [4.78, 5) is 28.4. The molecule has 0 saturated heterocycles. The van der Waals surface area contributed by atoms with Crippen molar-refractivity contribution in [3.05, 3.63) is 47.2 Å². The van der Waals surface area contributed by atoms with Crippen LogP contribution in [0.25, 0.3) is 10.9 Å². The van der Waals surface area contributed by atoms with E-state index in [-0.39, 0.29) is 24.0 Å². The van der Waals surface area contributed by atoms with Gasteiger partial charge in [0, 0.05) is 48.4 Å². The van der Waals surface area contributed by atoms with Gasteiger partial charge in [-0.15, -0.1) is 0 Å². The van der Waals surface area contributed by atoms with Gasteiger partial charge < -0.3 is 14.6 Å². The average Bonchev–Trinajstić information content (AvgIpc) is 3.59. The van der Waals surface area contributed by atoms with E-state index in [1.165, 1.54) is 66.2 Å². The third-order valence-electron chi connectivity index (χ3n) is 11.8. The quantitative estimate of drug-likeness (QED) is 0.170. The predicted octanol–water partition coefficient (Wildman–Crippen LogP) is 9.34. The number of benzene rings is 1. The van der Waals surface area contributed by atoms with Crippen molar-refractivity contribution in [2.45, 2.75) is 160 Å². The molecule has 246 valence electrons. The largest absolute Gasteiger partial charge is 0.389 e. The standard InChI is InChI=1S/C40H58N2O3/c1-2-3-7-15-32(43)23-20-30-22-25-38(44)33(30)16-10-4-5-11-19-39(45)41-26-27-42-36-24-21-31(29-13-8-6-9-14-29)28-35(36)34-17-12-18-37(41)40(34)42/h20-21,23-24,28-30,32-33,37,43H,2-19,22,25-27H2,1H3/b23-20+/t30-,32-,33+,37-/m0/s1. The van der Waals surface area contributed by atoms with Gasteiger partial charge in [0.2, 0.25) is 5.91 Å². The molecule has 6 rings (SSSR count). The highest BCUT2D eigenvalue weighted by molar-refractivity contribution is 5.88. The lowest BCUT2D eigenvalue weighted by Crippen LogP contribution is -2.43. The monoisotopic (exact) mass is 614 g/mol. The van der Waals surface area contributed by atoms with Gasteiger partial charge in [-0.1, -0.05) is 82.9 Å². The first-order valence-electron chi connectivity index (χ1n) is 18.9. The summed E-state index contributed by atoms with van der Waals surface area (Å²) in [6.07, 6.45) is 25.4. The third-order valence-corrected chi connectivity index (χ3v) is 11.8. The molecule has 4 aliphatic rings. The number of nitrogens with zero attached hydrogens (tertiary/aromatic N) is 2. The second-order valence-electron chi connectivity index (χ2n) is 14.8. The van der Waals surface area contributed by atoms with E-state index in [0.29, 0.717) is 24.5 Å². The summed E-state index contributed by atoms with van der Waals surface area (Å²) in [5.74, 6) is 1.86. The molecule has 4 atom stereocenters. The molecule has 1 amide bonds. The molecule has 0 spiro atoms. The predicted molar refractivity (Wildman–Crippen MR) is 183 cm³/mol. The van der Waals surface area contributed by atoms with Crippen molar-refractivity contribution < 1.29 is 14.7 Å². The van der Waals surface area contributed by atoms with Crippen LogP contribution in [-0.4, -0.2) is 38.9 Å². The number of Topliss-reactive ketones (excluding diaryl/α,β-unsaturated/α-hetero) is 1. The zero-order chi connectivity index (χ0) is 31.2. The normalized spacial score (nSPS) is 24.5. The van der Waals surface area contributed by atoms with Gasteiger partial charge in [0.05, 0.1) is 12.1 Å². The van der Waals surface area contributed by atoms with E-state index in [9.17, 15) is 14.7 Å². The van der Waals surface area contributed by atoms with Gasteiger partial charge in [-0.05, 0) is 92.9 Å². The highest BCUT2D eigenvalue weighted by Gasteiger charge is 2.37. The van der Waals surface area contributed by atoms with Gasteiger partial charge in [-0.2, -0.15) is 0 Å². The highest BCUT2D eigenvalue weighted by Crippen LogP contribution is 2.44. The molecule has 1 aromatic heterocycles. The molecule has 1 aliphatic heterocycles. The molecule has 1 N–H and O–H groups in total. The molecule has 0 radical (unpaired) electrons. The van der Waals surface area contributed by atoms with Crippen molar-refractivity contribution in [2.24, 2.45) is 11.8 Å². The van der Waals surface area contributed by atoms with E-state index in [1.807, 2.05) is 6.08 Å². The number of unbranched alkanes of at least 4 members (excludes halogenated alkanes) is 5. The highest BCUT2D eigenvalue weighted by atomic mass is 16.3. The molecule has 2 fully saturated rings. The van der Waals surface area contributed by atoms with E-state index in [4.69, 9.17) is 0 Å². The van der Waals surface area contributed by atoms with Crippen molar-refractivity contribution in [1.29, 1.82) is 0 Å². The second-order valence-corrected chi connectivity index (χ2v) is 14.8. The minimum Gasteiger partial charge on any atom is -0.389 e. The number of amides is 1. The molecule has 0 unspecified atom stereocenters. The molecule has 0 bridgehead atoms. The fourth-order valence-corrected chi connectivity index (χ4v) is 9.26. The molecule has 45 heavy (non-hydrogen) atoms. The zero-order valence-electron chi connectivity index (χ0n) is 28.0. The maximum Gasteiger partial charge on any atom is 0.223 e. The number of carbonyl (C=O) groups excluding carboxylic acids is 2. The van der Waals surface area contributed by atoms with Crippen LogP contribution in [0, 0.1) is 11.8 Å². The summed E-state index contributed by atoms with van der Waals surface area (Å²) in [5.41, 5.74) is 5.89. The van der Waals surface area contributed by atoms with E-state index in [0.717, 1.165) is 96.1 Å². The molecule has 1 aromatic carbocycles. The van der Waals surface area contributed by atoms with Crippen molar-refractivity contribution in [1.82, 2.24) is 9.47 Å². The minimum atomic E-state index is -0.381. The Morgan fingerprint density at radius 1 is 0.956 bits per heavy atom. The minimum absolute atomic E-state index is 0.116. The number of ketones is 1. The van der Waals surface area contributed by atoms with E-state index >= 15 is 0 Å². The molecular weight excluding hydrogens is 556 g/mol. The number of fused-ring (bicyclic) bond motifs is 3. The van der Waals surface area contributed by atoms with Gasteiger partial charge in [-0.25, -0.2) is 0 Å². The van der Waals surface area contributed by atoms with E-state index in [1.54, 1.807) is 0 Å². The number of hydrogen-bond acceptors (Lipinski definition) is 3. The number of aliphatic hydroxyl groups excluding tert-OH is 1. The first-order valence-corrected chi connectivity index (χ1v) is 18.9. The number of carbonyl (C=O) groups is 2. The van der Waals surface area contributed by atoms with E-state index in [2.05, 4.69) is 40.7 Å². The van der Waals surface area contributed by atoms with Crippen LogP contribution in [-0.2, 0) is 22.6 Å². The van der Waals surface area contributed by atoms with Gasteiger partial charge in [-0.3, -0.25) is 9.59 Å². The Morgan fingerprint density at radius 3 is 2.64 bits per heavy atom. The van der Waals surface area contributed by atoms with E-state index < -0.39 is 0 Å². The van der Waals surface area contributed by atoms with Crippen molar-refractivity contribution in [3.63, 3.8) is 0 Å². The Balaban J connectivity index is 0.981. The zero-order valence-corrected chi connectivity index (χ0v) is 28.0. The molecule has 2 aromatic rings. The Labute approximate surface area is 271 Å². The van der Waals surface area contributed by atoms with Crippen LogP contribution in [0.2, 0.25) is 0 Å². The topological polar surface area (TPSA) is 62.5 Å². The van der Waals surface area contributed by atoms with Gasteiger partial charge >= 0.3 is 0 Å². The van der Waals surface area contributed by atoms with Gasteiger partial charge in [0.15, 0.2) is 0 Å². The average molecular weight is 615 g/mol. The van der Waals surface area contributed by atoms with Crippen molar-refractivity contribution in [2.75, 3.05) is 6.54 Å². The van der Waals surface area contributed by atoms with Crippen molar-refractivity contribution >= 4 is 22.6 Å². The Bertz CT molecular complexity index is 1330. The number of allylic oxidation sites excluding steroid dienone is 1. The fraction of sp³-hybridized carbons (Fsp3) is 0.700. The fourth-order valence-electron chi connectivity index (χ4n) is 9.26. The summed E-state index contributed by atoms with van der Waals surface area (Å²) < 4.78 is 2.56. The first kappa shape index (κ1) is 32.5. The molecule has 2 heterocycles. The van der Waals surface area contributed by atoms with Crippen molar-refractivity contribution in [3.8, 4) is 0 Å². The summed E-state index contributed by atoms with van der Waals surface area (Å²) in [6.45, 7) is 3.92.